The van der Waals surface area contributed by atoms with E-state index in [0.717, 1.165) is 17.1 Å². The molecule has 148 valence electrons. The van der Waals surface area contributed by atoms with Crippen LogP contribution < -0.4 is 20.1 Å². The van der Waals surface area contributed by atoms with Crippen molar-refractivity contribution >= 4 is 11.8 Å². The molecular formula is C22H26N2O4. The number of carbonyl (C=O) groups is 2. The van der Waals surface area contributed by atoms with Crippen LogP contribution in [0.5, 0.6) is 11.5 Å². The fraction of sp³-hybridized carbons (Fsp3) is 0.364. The zero-order chi connectivity index (χ0) is 20.1. The van der Waals surface area contributed by atoms with Gasteiger partial charge in [-0.25, -0.2) is 0 Å². The number of amides is 2. The van der Waals surface area contributed by atoms with Gasteiger partial charge in [-0.15, -0.1) is 0 Å². The fourth-order valence-corrected chi connectivity index (χ4v) is 2.96. The molecule has 2 N–H and O–H groups in total. The Kier molecular flexibility index (Phi) is 5.87. The number of ether oxygens (including phenoxy) is 2. The summed E-state index contributed by atoms with van der Waals surface area (Å²) in [5.74, 6) is 0.975. The average Bonchev–Trinajstić information content (AvgIpc) is 2.72. The number of fused-ring (bicyclic) bond motifs is 1. The summed E-state index contributed by atoms with van der Waals surface area (Å²) in [6.45, 7) is 7.28. The van der Waals surface area contributed by atoms with Gasteiger partial charge in [-0.3, -0.25) is 9.59 Å². The van der Waals surface area contributed by atoms with Crippen molar-refractivity contribution in [1.29, 1.82) is 0 Å². The molecule has 1 unspecified atom stereocenters. The monoisotopic (exact) mass is 382 g/mol. The normalized spacial score (nSPS) is 14.1. The molecule has 1 aliphatic rings. The SMILES string of the molecule is CC(NC(=O)c1ccccc1)C(=O)NCC(C)(C)c1ccc2c(c1)OCCO2. The Morgan fingerprint density at radius 3 is 2.43 bits per heavy atom. The maximum atomic E-state index is 12.4. The van der Waals surface area contributed by atoms with Gasteiger partial charge < -0.3 is 20.1 Å². The lowest BCUT2D eigenvalue weighted by Crippen LogP contribution is -2.47. The van der Waals surface area contributed by atoms with E-state index < -0.39 is 6.04 Å². The van der Waals surface area contributed by atoms with Gasteiger partial charge in [0.15, 0.2) is 11.5 Å². The molecule has 0 saturated carbocycles. The molecule has 1 atom stereocenters. The van der Waals surface area contributed by atoms with E-state index >= 15 is 0 Å². The molecule has 6 nitrogen and oxygen atoms in total. The Balaban J connectivity index is 1.57. The maximum Gasteiger partial charge on any atom is 0.251 e. The molecule has 0 radical (unpaired) electrons. The summed E-state index contributed by atoms with van der Waals surface area (Å²) >= 11 is 0. The molecule has 28 heavy (non-hydrogen) atoms. The number of nitrogens with one attached hydrogen (secondary N) is 2. The first kappa shape index (κ1) is 19.7. The van der Waals surface area contributed by atoms with Gasteiger partial charge in [0.25, 0.3) is 5.91 Å². The second-order valence-corrected chi connectivity index (χ2v) is 7.52. The molecule has 0 fully saturated rings. The van der Waals surface area contributed by atoms with E-state index in [2.05, 4.69) is 10.6 Å². The highest BCUT2D eigenvalue weighted by Gasteiger charge is 2.25. The van der Waals surface area contributed by atoms with Crippen LogP contribution in [0.4, 0.5) is 0 Å². The predicted molar refractivity (Wildman–Crippen MR) is 107 cm³/mol. The van der Waals surface area contributed by atoms with Crippen LogP contribution in [0.1, 0.15) is 36.7 Å². The number of carbonyl (C=O) groups excluding carboxylic acids is 2. The molecule has 2 aromatic rings. The van der Waals surface area contributed by atoms with Gasteiger partial charge >= 0.3 is 0 Å². The van der Waals surface area contributed by atoms with E-state index in [1.807, 2.05) is 38.1 Å². The Morgan fingerprint density at radius 2 is 1.71 bits per heavy atom. The van der Waals surface area contributed by atoms with Crippen molar-refractivity contribution in [3.8, 4) is 11.5 Å². The summed E-state index contributed by atoms with van der Waals surface area (Å²) in [6, 6.07) is 14.1. The van der Waals surface area contributed by atoms with Crippen LogP contribution >= 0.6 is 0 Å². The summed E-state index contributed by atoms with van der Waals surface area (Å²) in [5.41, 5.74) is 1.26. The van der Waals surface area contributed by atoms with Crippen molar-refractivity contribution in [2.24, 2.45) is 0 Å². The second-order valence-electron chi connectivity index (χ2n) is 7.52. The van der Waals surface area contributed by atoms with Crippen molar-refractivity contribution in [3.05, 3.63) is 59.7 Å². The van der Waals surface area contributed by atoms with E-state index in [-0.39, 0.29) is 17.2 Å². The second kappa shape index (κ2) is 8.33. The predicted octanol–water partition coefficient (Wildman–Crippen LogP) is 2.67. The van der Waals surface area contributed by atoms with Gasteiger partial charge in [0.2, 0.25) is 5.91 Å². The van der Waals surface area contributed by atoms with Gasteiger partial charge in [-0.1, -0.05) is 38.1 Å². The van der Waals surface area contributed by atoms with Gasteiger partial charge in [-0.05, 0) is 36.8 Å². The summed E-state index contributed by atoms with van der Waals surface area (Å²) in [5, 5.41) is 5.66. The summed E-state index contributed by atoms with van der Waals surface area (Å²) in [4.78, 5) is 24.7. The Morgan fingerprint density at radius 1 is 1.04 bits per heavy atom. The average molecular weight is 382 g/mol. The van der Waals surface area contributed by atoms with E-state index in [0.29, 0.717) is 25.3 Å². The highest BCUT2D eigenvalue weighted by Crippen LogP contribution is 2.34. The van der Waals surface area contributed by atoms with E-state index in [1.54, 1.807) is 31.2 Å². The zero-order valence-corrected chi connectivity index (χ0v) is 16.5. The lowest BCUT2D eigenvalue weighted by atomic mass is 9.84. The standard InChI is InChI=1S/C22H26N2O4/c1-15(24-21(26)16-7-5-4-6-8-16)20(25)23-14-22(2,3)17-9-10-18-19(13-17)28-12-11-27-18/h4-10,13,15H,11-12,14H2,1-3H3,(H,23,25)(H,24,26). The van der Waals surface area contributed by atoms with Crippen LogP contribution in [0.25, 0.3) is 0 Å². The van der Waals surface area contributed by atoms with Crippen molar-refractivity contribution in [2.45, 2.75) is 32.2 Å². The minimum absolute atomic E-state index is 0.227. The molecule has 3 rings (SSSR count). The van der Waals surface area contributed by atoms with Gasteiger partial charge in [0, 0.05) is 17.5 Å². The molecular weight excluding hydrogens is 356 g/mol. The van der Waals surface area contributed by atoms with Crippen LogP contribution in [0, 0.1) is 0 Å². The highest BCUT2D eigenvalue weighted by molar-refractivity contribution is 5.97. The minimum atomic E-state index is -0.635. The van der Waals surface area contributed by atoms with E-state index in [9.17, 15) is 9.59 Å². The van der Waals surface area contributed by atoms with E-state index in [4.69, 9.17) is 9.47 Å². The number of benzene rings is 2. The molecule has 2 aromatic carbocycles. The smallest absolute Gasteiger partial charge is 0.251 e. The summed E-state index contributed by atoms with van der Waals surface area (Å²) < 4.78 is 11.2. The zero-order valence-electron chi connectivity index (χ0n) is 16.5. The molecule has 1 aliphatic heterocycles. The molecule has 0 aromatic heterocycles. The Labute approximate surface area is 165 Å². The van der Waals surface area contributed by atoms with Crippen molar-refractivity contribution in [2.75, 3.05) is 19.8 Å². The molecule has 0 aliphatic carbocycles. The lowest BCUT2D eigenvalue weighted by Gasteiger charge is -2.28. The van der Waals surface area contributed by atoms with Crippen LogP contribution in [0.2, 0.25) is 0 Å². The van der Waals surface area contributed by atoms with Gasteiger partial charge in [0.1, 0.15) is 19.3 Å². The number of hydrogen-bond acceptors (Lipinski definition) is 4. The Hall–Kier alpha value is -3.02. The van der Waals surface area contributed by atoms with E-state index in [1.165, 1.54) is 0 Å². The molecule has 6 heteroatoms. The molecule has 1 heterocycles. The molecule has 2 amide bonds. The molecule has 0 saturated heterocycles. The minimum Gasteiger partial charge on any atom is -0.486 e. The topological polar surface area (TPSA) is 76.7 Å². The van der Waals surface area contributed by atoms with Crippen LogP contribution in [0.15, 0.2) is 48.5 Å². The Bertz CT molecular complexity index is 849. The third-order valence-electron chi connectivity index (χ3n) is 4.81. The summed E-state index contributed by atoms with van der Waals surface area (Å²) in [6.07, 6.45) is 0. The van der Waals surface area contributed by atoms with Crippen LogP contribution in [0.3, 0.4) is 0 Å². The first-order chi connectivity index (χ1) is 13.4. The van der Waals surface area contributed by atoms with Crippen molar-refractivity contribution < 1.29 is 19.1 Å². The number of rotatable bonds is 6. The molecule has 0 spiro atoms. The van der Waals surface area contributed by atoms with Gasteiger partial charge in [-0.2, -0.15) is 0 Å². The first-order valence-electron chi connectivity index (χ1n) is 9.40. The fourth-order valence-electron chi connectivity index (χ4n) is 2.96. The quantitative estimate of drug-likeness (QED) is 0.805. The largest absolute Gasteiger partial charge is 0.486 e. The first-order valence-corrected chi connectivity index (χ1v) is 9.40. The van der Waals surface area contributed by atoms with Gasteiger partial charge in [0.05, 0.1) is 0 Å². The third-order valence-corrected chi connectivity index (χ3v) is 4.81. The lowest BCUT2D eigenvalue weighted by molar-refractivity contribution is -0.122. The number of hydrogen-bond donors (Lipinski definition) is 2. The molecule has 0 bridgehead atoms. The highest BCUT2D eigenvalue weighted by atomic mass is 16.6. The van der Waals surface area contributed by atoms with Crippen molar-refractivity contribution in [3.63, 3.8) is 0 Å². The summed E-state index contributed by atoms with van der Waals surface area (Å²) in [7, 11) is 0. The van der Waals surface area contributed by atoms with Crippen molar-refractivity contribution in [1.82, 2.24) is 10.6 Å². The van der Waals surface area contributed by atoms with Crippen LogP contribution in [-0.4, -0.2) is 37.6 Å². The maximum absolute atomic E-state index is 12.4. The third kappa shape index (κ3) is 4.63. The van der Waals surface area contributed by atoms with Crippen LogP contribution in [-0.2, 0) is 10.2 Å².